The van der Waals surface area contributed by atoms with Crippen LogP contribution in [0.4, 0.5) is 5.82 Å². The zero-order chi connectivity index (χ0) is 25.4. The van der Waals surface area contributed by atoms with E-state index in [1.165, 1.54) is 12.0 Å². The molecule has 1 unspecified atom stereocenters. The van der Waals surface area contributed by atoms with Crippen LogP contribution in [0.3, 0.4) is 0 Å². The second kappa shape index (κ2) is 9.22. The SMILES string of the molecule is CCOc1ccc(C2/C(=C(\O)c3ccc4ccccc4c3)C(=O)C(=O)N2c2cc(C)on2)cc1OC. The number of nitrogens with zero attached hydrogens (tertiary/aromatic N) is 2. The Morgan fingerprint density at radius 2 is 1.81 bits per heavy atom. The molecule has 1 N–H and O–H groups in total. The van der Waals surface area contributed by atoms with Gasteiger partial charge in [0.25, 0.3) is 5.78 Å². The molecule has 0 bridgehead atoms. The number of carbonyl (C=O) groups excluding carboxylic acids is 2. The average Bonchev–Trinajstić information content (AvgIpc) is 3.43. The molecule has 8 heteroatoms. The first-order valence-electron chi connectivity index (χ1n) is 11.5. The van der Waals surface area contributed by atoms with Crippen molar-refractivity contribution in [3.05, 3.63) is 89.2 Å². The minimum Gasteiger partial charge on any atom is -0.507 e. The molecule has 0 aliphatic carbocycles. The second-order valence-corrected chi connectivity index (χ2v) is 8.37. The third-order valence-electron chi connectivity index (χ3n) is 6.13. The normalized spacial score (nSPS) is 17.1. The van der Waals surface area contributed by atoms with Crippen LogP contribution in [0.1, 0.15) is 29.9 Å². The fourth-order valence-electron chi connectivity index (χ4n) is 4.47. The Hall–Kier alpha value is -4.59. The number of carbonyl (C=O) groups is 2. The summed E-state index contributed by atoms with van der Waals surface area (Å²) in [5.74, 6) is -0.314. The largest absolute Gasteiger partial charge is 0.507 e. The number of hydrogen-bond acceptors (Lipinski definition) is 7. The van der Waals surface area contributed by atoms with Gasteiger partial charge in [-0.25, -0.2) is 0 Å². The molecule has 1 aliphatic rings. The van der Waals surface area contributed by atoms with Crippen LogP contribution in [0.15, 0.2) is 76.8 Å². The number of aryl methyl sites for hydroxylation is 1. The van der Waals surface area contributed by atoms with Crippen molar-refractivity contribution in [3.8, 4) is 11.5 Å². The Balaban J connectivity index is 1.72. The number of benzene rings is 3. The van der Waals surface area contributed by atoms with Gasteiger partial charge in [-0.15, -0.1) is 0 Å². The number of ketones is 1. The highest BCUT2D eigenvalue weighted by Gasteiger charge is 2.48. The standard InChI is InChI=1S/C28H24N2O6/c1-4-35-21-12-11-19(15-22(21)34-3)25-24(27(32)28(33)30(25)23-13-16(2)36-29-23)26(31)20-10-9-17-7-5-6-8-18(17)14-20/h5-15,25,31H,4H2,1-3H3/b26-24+. The lowest BCUT2D eigenvalue weighted by molar-refractivity contribution is -0.132. The van der Waals surface area contributed by atoms with Crippen molar-refractivity contribution in [3.63, 3.8) is 0 Å². The van der Waals surface area contributed by atoms with Crippen LogP contribution in [0.5, 0.6) is 11.5 Å². The smallest absolute Gasteiger partial charge is 0.301 e. The molecule has 4 aromatic rings. The van der Waals surface area contributed by atoms with E-state index >= 15 is 0 Å². The molecule has 2 heterocycles. The molecular formula is C28H24N2O6. The number of anilines is 1. The summed E-state index contributed by atoms with van der Waals surface area (Å²) in [6.45, 7) is 3.99. The van der Waals surface area contributed by atoms with E-state index in [0.29, 0.717) is 35.0 Å². The lowest BCUT2D eigenvalue weighted by atomic mass is 9.94. The fraction of sp³-hybridized carbons (Fsp3) is 0.179. The van der Waals surface area contributed by atoms with Gasteiger partial charge in [0.1, 0.15) is 11.5 Å². The van der Waals surface area contributed by atoms with E-state index in [1.54, 1.807) is 43.3 Å². The third-order valence-corrected chi connectivity index (χ3v) is 6.13. The van der Waals surface area contributed by atoms with Crippen LogP contribution in [0.25, 0.3) is 16.5 Å². The van der Waals surface area contributed by atoms with Crippen molar-refractivity contribution in [1.29, 1.82) is 0 Å². The van der Waals surface area contributed by atoms with Gasteiger partial charge in [-0.1, -0.05) is 47.6 Å². The summed E-state index contributed by atoms with van der Waals surface area (Å²) < 4.78 is 16.3. The summed E-state index contributed by atoms with van der Waals surface area (Å²) in [6.07, 6.45) is 0. The Bertz CT molecular complexity index is 1520. The zero-order valence-electron chi connectivity index (χ0n) is 20.0. The first kappa shape index (κ1) is 23.2. The maximum atomic E-state index is 13.4. The van der Waals surface area contributed by atoms with Gasteiger partial charge in [0.05, 0.1) is 25.3 Å². The van der Waals surface area contributed by atoms with Gasteiger partial charge < -0.3 is 19.1 Å². The zero-order valence-corrected chi connectivity index (χ0v) is 20.0. The van der Waals surface area contributed by atoms with E-state index in [2.05, 4.69) is 5.16 Å². The maximum absolute atomic E-state index is 13.4. The lowest BCUT2D eigenvalue weighted by Crippen LogP contribution is -2.29. The third kappa shape index (κ3) is 3.86. The van der Waals surface area contributed by atoms with Gasteiger partial charge in [0.2, 0.25) is 0 Å². The van der Waals surface area contributed by atoms with Crippen LogP contribution in [0, 0.1) is 6.92 Å². The predicted molar refractivity (Wildman–Crippen MR) is 134 cm³/mol. The van der Waals surface area contributed by atoms with E-state index in [9.17, 15) is 14.7 Å². The first-order valence-corrected chi connectivity index (χ1v) is 11.5. The summed E-state index contributed by atoms with van der Waals surface area (Å²) in [7, 11) is 1.51. The van der Waals surface area contributed by atoms with Crippen molar-refractivity contribution in [2.75, 3.05) is 18.6 Å². The summed E-state index contributed by atoms with van der Waals surface area (Å²) in [6, 6.07) is 18.8. The molecule has 5 rings (SSSR count). The predicted octanol–water partition coefficient (Wildman–Crippen LogP) is 5.17. The Kier molecular flexibility index (Phi) is 5.93. The molecule has 3 aromatic carbocycles. The van der Waals surface area contributed by atoms with Crippen LogP contribution in [0.2, 0.25) is 0 Å². The summed E-state index contributed by atoms with van der Waals surface area (Å²) >= 11 is 0. The molecular weight excluding hydrogens is 460 g/mol. The van der Waals surface area contributed by atoms with Crippen molar-refractivity contribution in [1.82, 2.24) is 5.16 Å². The number of hydrogen-bond donors (Lipinski definition) is 1. The Morgan fingerprint density at radius 3 is 2.50 bits per heavy atom. The molecule has 1 atom stereocenters. The van der Waals surface area contributed by atoms with Crippen LogP contribution < -0.4 is 14.4 Å². The fourth-order valence-corrected chi connectivity index (χ4v) is 4.47. The topological polar surface area (TPSA) is 102 Å². The number of aliphatic hydroxyl groups is 1. The van der Waals surface area contributed by atoms with Crippen LogP contribution in [-0.2, 0) is 9.59 Å². The van der Waals surface area contributed by atoms with Crippen molar-refractivity contribution in [2.45, 2.75) is 19.9 Å². The molecule has 0 saturated carbocycles. The number of Topliss-reactive ketones (excluding diaryl/α,β-unsaturated/α-hetero) is 1. The summed E-state index contributed by atoms with van der Waals surface area (Å²) in [5, 5.41) is 17.3. The number of aliphatic hydroxyl groups excluding tert-OH is 1. The number of rotatable bonds is 6. The van der Waals surface area contributed by atoms with E-state index in [0.717, 1.165) is 10.8 Å². The highest BCUT2D eigenvalue weighted by atomic mass is 16.5. The molecule has 0 spiro atoms. The molecule has 182 valence electrons. The molecule has 1 aliphatic heterocycles. The Labute approximate surface area is 207 Å². The molecule has 0 radical (unpaired) electrons. The van der Waals surface area contributed by atoms with Gasteiger partial charge in [0, 0.05) is 11.6 Å². The molecule has 1 saturated heterocycles. The van der Waals surface area contributed by atoms with Crippen molar-refractivity contribution >= 4 is 34.0 Å². The van der Waals surface area contributed by atoms with E-state index < -0.39 is 17.7 Å². The minimum atomic E-state index is -0.967. The quantitative estimate of drug-likeness (QED) is 0.229. The Morgan fingerprint density at radius 1 is 1.03 bits per heavy atom. The van der Waals surface area contributed by atoms with E-state index in [4.69, 9.17) is 14.0 Å². The number of aromatic nitrogens is 1. The van der Waals surface area contributed by atoms with E-state index in [1.807, 2.05) is 37.3 Å². The van der Waals surface area contributed by atoms with Crippen molar-refractivity contribution in [2.24, 2.45) is 0 Å². The lowest BCUT2D eigenvalue weighted by Gasteiger charge is -2.23. The summed E-state index contributed by atoms with van der Waals surface area (Å²) in [5.41, 5.74) is 0.908. The van der Waals surface area contributed by atoms with Gasteiger partial charge in [0.15, 0.2) is 17.3 Å². The highest BCUT2D eigenvalue weighted by Crippen LogP contribution is 2.44. The van der Waals surface area contributed by atoms with Gasteiger partial charge in [-0.05, 0) is 48.4 Å². The highest BCUT2D eigenvalue weighted by molar-refractivity contribution is 6.51. The minimum absolute atomic E-state index is 0.0536. The molecule has 1 aromatic heterocycles. The molecule has 1 amide bonds. The van der Waals surface area contributed by atoms with Gasteiger partial charge in [-0.2, -0.15) is 0 Å². The van der Waals surface area contributed by atoms with Crippen LogP contribution >= 0.6 is 0 Å². The number of amides is 1. The average molecular weight is 485 g/mol. The van der Waals surface area contributed by atoms with E-state index in [-0.39, 0.29) is 17.2 Å². The molecule has 1 fully saturated rings. The van der Waals surface area contributed by atoms with Gasteiger partial charge >= 0.3 is 5.91 Å². The monoisotopic (exact) mass is 484 g/mol. The first-order chi connectivity index (χ1) is 17.4. The summed E-state index contributed by atoms with van der Waals surface area (Å²) in [4.78, 5) is 27.9. The molecule has 8 nitrogen and oxygen atoms in total. The van der Waals surface area contributed by atoms with Gasteiger partial charge in [-0.3, -0.25) is 14.5 Å². The maximum Gasteiger partial charge on any atom is 0.301 e. The number of methoxy groups -OCH3 is 1. The van der Waals surface area contributed by atoms with Crippen molar-refractivity contribution < 1.29 is 28.7 Å². The number of fused-ring (bicyclic) bond motifs is 1. The molecule has 36 heavy (non-hydrogen) atoms. The number of ether oxygens (including phenoxy) is 2. The second-order valence-electron chi connectivity index (χ2n) is 8.37. The van der Waals surface area contributed by atoms with Crippen LogP contribution in [-0.4, -0.2) is 35.7 Å².